The molecule has 3 nitrogen and oxygen atoms in total. The summed E-state index contributed by atoms with van der Waals surface area (Å²) in [6.45, 7) is 4.35. The van der Waals surface area contributed by atoms with Gasteiger partial charge in [0, 0.05) is 0 Å². The van der Waals surface area contributed by atoms with Crippen molar-refractivity contribution in [2.45, 2.75) is 19.8 Å². The van der Waals surface area contributed by atoms with Gasteiger partial charge in [0.1, 0.15) is 0 Å². The molecule has 0 radical (unpaired) electrons. The molecular weight excluding hydrogens is 174 g/mol. The monoisotopic (exact) mass is 187 g/mol. The van der Waals surface area contributed by atoms with Crippen LogP contribution in [0.25, 0.3) is 5.69 Å². The summed E-state index contributed by atoms with van der Waals surface area (Å²) in [7, 11) is 0. The standard InChI is InChI=1S/C11H13N3/c1-9(2)10-5-3-4-6-11(10)14-8-7-12-13-14/h3-9H,1-2H3. The zero-order valence-corrected chi connectivity index (χ0v) is 8.38. The highest BCUT2D eigenvalue weighted by atomic mass is 15.4. The summed E-state index contributed by atoms with van der Waals surface area (Å²) >= 11 is 0. The minimum absolute atomic E-state index is 0.496. The van der Waals surface area contributed by atoms with Gasteiger partial charge in [-0.2, -0.15) is 0 Å². The molecule has 0 N–H and O–H groups in total. The molecule has 0 saturated heterocycles. The van der Waals surface area contributed by atoms with E-state index in [9.17, 15) is 0 Å². The van der Waals surface area contributed by atoms with E-state index in [-0.39, 0.29) is 0 Å². The molecule has 2 aromatic rings. The third-order valence-corrected chi connectivity index (χ3v) is 2.23. The number of hydrogen-bond donors (Lipinski definition) is 0. The fourth-order valence-corrected chi connectivity index (χ4v) is 1.52. The van der Waals surface area contributed by atoms with Crippen molar-refractivity contribution in [1.82, 2.24) is 15.0 Å². The molecule has 0 saturated carbocycles. The molecule has 1 aromatic carbocycles. The van der Waals surface area contributed by atoms with Gasteiger partial charge in [-0.1, -0.05) is 37.3 Å². The smallest absolute Gasteiger partial charge is 0.0698 e. The maximum absolute atomic E-state index is 4.00. The number of rotatable bonds is 2. The van der Waals surface area contributed by atoms with E-state index in [2.05, 4.69) is 42.4 Å². The maximum atomic E-state index is 4.00. The first-order valence-electron chi connectivity index (χ1n) is 4.74. The quantitative estimate of drug-likeness (QED) is 0.722. The van der Waals surface area contributed by atoms with E-state index in [1.807, 2.05) is 12.3 Å². The van der Waals surface area contributed by atoms with Crippen molar-refractivity contribution in [3.05, 3.63) is 42.2 Å². The Labute approximate surface area is 83.4 Å². The molecule has 0 aliphatic rings. The van der Waals surface area contributed by atoms with Crippen LogP contribution in [0.5, 0.6) is 0 Å². The molecule has 0 spiro atoms. The third-order valence-electron chi connectivity index (χ3n) is 2.23. The van der Waals surface area contributed by atoms with Gasteiger partial charge in [-0.05, 0) is 17.5 Å². The van der Waals surface area contributed by atoms with E-state index in [0.29, 0.717) is 5.92 Å². The van der Waals surface area contributed by atoms with Crippen LogP contribution < -0.4 is 0 Å². The molecule has 14 heavy (non-hydrogen) atoms. The number of nitrogens with zero attached hydrogens (tertiary/aromatic N) is 3. The molecule has 1 heterocycles. The molecule has 0 bridgehead atoms. The average molecular weight is 187 g/mol. The second-order valence-corrected chi connectivity index (χ2v) is 3.56. The van der Waals surface area contributed by atoms with Crippen LogP contribution in [-0.2, 0) is 0 Å². The lowest BCUT2D eigenvalue weighted by atomic mass is 10.0. The van der Waals surface area contributed by atoms with Crippen molar-refractivity contribution >= 4 is 0 Å². The van der Waals surface area contributed by atoms with E-state index in [0.717, 1.165) is 5.69 Å². The van der Waals surface area contributed by atoms with Crippen LogP contribution in [0, 0.1) is 0 Å². The second kappa shape index (κ2) is 3.62. The Morgan fingerprint density at radius 1 is 1.21 bits per heavy atom. The summed E-state index contributed by atoms with van der Waals surface area (Å²) < 4.78 is 1.80. The van der Waals surface area contributed by atoms with Gasteiger partial charge < -0.3 is 0 Å². The number of aromatic nitrogens is 3. The fourth-order valence-electron chi connectivity index (χ4n) is 1.52. The molecule has 0 atom stereocenters. The van der Waals surface area contributed by atoms with E-state index in [4.69, 9.17) is 0 Å². The van der Waals surface area contributed by atoms with Crippen LogP contribution in [0.4, 0.5) is 0 Å². The highest BCUT2D eigenvalue weighted by Crippen LogP contribution is 2.21. The first-order chi connectivity index (χ1) is 6.79. The summed E-state index contributed by atoms with van der Waals surface area (Å²) in [5.41, 5.74) is 2.40. The molecule has 1 aromatic heterocycles. The SMILES string of the molecule is CC(C)c1ccccc1-n1ccnn1. The normalized spacial score (nSPS) is 10.8. The molecule has 0 amide bonds. The summed E-state index contributed by atoms with van der Waals surface area (Å²) in [5.74, 6) is 0.496. The van der Waals surface area contributed by atoms with Crippen LogP contribution in [0.3, 0.4) is 0 Å². The summed E-state index contributed by atoms with van der Waals surface area (Å²) in [5, 5.41) is 7.81. The summed E-state index contributed by atoms with van der Waals surface area (Å²) in [4.78, 5) is 0. The van der Waals surface area contributed by atoms with E-state index >= 15 is 0 Å². The van der Waals surface area contributed by atoms with Gasteiger partial charge in [-0.15, -0.1) is 5.10 Å². The van der Waals surface area contributed by atoms with E-state index < -0.39 is 0 Å². The molecule has 0 fully saturated rings. The lowest BCUT2D eigenvalue weighted by Crippen LogP contribution is -2.01. The van der Waals surface area contributed by atoms with Gasteiger partial charge in [0.25, 0.3) is 0 Å². The Hall–Kier alpha value is -1.64. The van der Waals surface area contributed by atoms with Gasteiger partial charge >= 0.3 is 0 Å². The summed E-state index contributed by atoms with van der Waals surface area (Å²) in [6.07, 6.45) is 3.55. The second-order valence-electron chi connectivity index (χ2n) is 3.56. The Morgan fingerprint density at radius 3 is 2.64 bits per heavy atom. The molecule has 72 valence electrons. The van der Waals surface area contributed by atoms with E-state index in [1.54, 1.807) is 10.9 Å². The van der Waals surface area contributed by atoms with Gasteiger partial charge in [-0.3, -0.25) is 0 Å². The molecule has 0 unspecified atom stereocenters. The highest BCUT2D eigenvalue weighted by molar-refractivity contribution is 5.41. The molecule has 0 aliphatic carbocycles. The van der Waals surface area contributed by atoms with Crippen LogP contribution >= 0.6 is 0 Å². The first-order valence-corrected chi connectivity index (χ1v) is 4.74. The Balaban J connectivity index is 2.53. The predicted octanol–water partition coefficient (Wildman–Crippen LogP) is 2.39. The Morgan fingerprint density at radius 2 is 2.00 bits per heavy atom. The van der Waals surface area contributed by atoms with Crippen molar-refractivity contribution in [1.29, 1.82) is 0 Å². The molecule has 0 aliphatic heterocycles. The first kappa shape index (κ1) is 8.94. The summed E-state index contributed by atoms with van der Waals surface area (Å²) in [6, 6.07) is 8.25. The fraction of sp³-hybridized carbons (Fsp3) is 0.273. The third kappa shape index (κ3) is 1.53. The van der Waals surface area contributed by atoms with Gasteiger partial charge in [0.2, 0.25) is 0 Å². The van der Waals surface area contributed by atoms with Gasteiger partial charge in [-0.25, -0.2) is 4.68 Å². The minimum atomic E-state index is 0.496. The number of para-hydroxylation sites is 1. The van der Waals surface area contributed by atoms with Crippen molar-refractivity contribution in [2.24, 2.45) is 0 Å². The van der Waals surface area contributed by atoms with Crippen LogP contribution in [0.1, 0.15) is 25.3 Å². The number of hydrogen-bond acceptors (Lipinski definition) is 2. The molecule has 2 rings (SSSR count). The largest absolute Gasteiger partial charge is 0.220 e. The van der Waals surface area contributed by atoms with Crippen LogP contribution in [0.15, 0.2) is 36.7 Å². The lowest BCUT2D eigenvalue weighted by Gasteiger charge is -2.11. The zero-order chi connectivity index (χ0) is 9.97. The molecular formula is C11H13N3. The topological polar surface area (TPSA) is 30.7 Å². The average Bonchev–Trinajstić information content (AvgIpc) is 2.70. The number of benzene rings is 1. The maximum Gasteiger partial charge on any atom is 0.0698 e. The molecule has 3 heteroatoms. The van der Waals surface area contributed by atoms with Crippen molar-refractivity contribution < 1.29 is 0 Å². The van der Waals surface area contributed by atoms with E-state index in [1.165, 1.54) is 5.56 Å². The Bertz CT molecular complexity index is 404. The van der Waals surface area contributed by atoms with Crippen LogP contribution in [-0.4, -0.2) is 15.0 Å². The van der Waals surface area contributed by atoms with Crippen molar-refractivity contribution in [2.75, 3.05) is 0 Å². The van der Waals surface area contributed by atoms with Gasteiger partial charge in [0.15, 0.2) is 0 Å². The van der Waals surface area contributed by atoms with Crippen molar-refractivity contribution in [3.63, 3.8) is 0 Å². The van der Waals surface area contributed by atoms with Crippen LogP contribution in [0.2, 0.25) is 0 Å². The van der Waals surface area contributed by atoms with Crippen molar-refractivity contribution in [3.8, 4) is 5.69 Å². The predicted molar refractivity (Wildman–Crippen MR) is 55.4 cm³/mol. The lowest BCUT2D eigenvalue weighted by molar-refractivity contribution is 0.770. The minimum Gasteiger partial charge on any atom is -0.220 e. The Kier molecular flexibility index (Phi) is 2.31. The highest BCUT2D eigenvalue weighted by Gasteiger charge is 2.07. The van der Waals surface area contributed by atoms with Gasteiger partial charge in [0.05, 0.1) is 18.1 Å². The zero-order valence-electron chi connectivity index (χ0n) is 8.38.